The Morgan fingerprint density at radius 1 is 1.29 bits per heavy atom. The second-order valence-electron chi connectivity index (χ2n) is 5.61. The predicted molar refractivity (Wildman–Crippen MR) is 67.0 cm³/mol. The smallest absolute Gasteiger partial charge is 0.310 e. The van der Waals surface area contributed by atoms with Crippen LogP contribution in [0.5, 0.6) is 0 Å². The van der Waals surface area contributed by atoms with Gasteiger partial charge < -0.3 is 4.74 Å². The molecular formula is C15H14F4O2. The van der Waals surface area contributed by atoms with E-state index in [-0.39, 0.29) is 17.4 Å². The van der Waals surface area contributed by atoms with Crippen LogP contribution in [-0.2, 0) is 16.1 Å². The van der Waals surface area contributed by atoms with Crippen molar-refractivity contribution in [3.63, 3.8) is 0 Å². The van der Waals surface area contributed by atoms with Crippen LogP contribution in [0.15, 0.2) is 18.7 Å². The van der Waals surface area contributed by atoms with E-state index >= 15 is 0 Å². The molecule has 2 nitrogen and oxygen atoms in total. The van der Waals surface area contributed by atoms with Crippen molar-refractivity contribution < 1.29 is 27.1 Å². The van der Waals surface area contributed by atoms with Gasteiger partial charge in [-0.25, -0.2) is 17.6 Å². The molecular weight excluding hydrogens is 288 g/mol. The van der Waals surface area contributed by atoms with E-state index in [4.69, 9.17) is 4.74 Å². The lowest BCUT2D eigenvalue weighted by Crippen LogP contribution is -2.13. The van der Waals surface area contributed by atoms with Crippen LogP contribution >= 0.6 is 0 Å². The van der Waals surface area contributed by atoms with E-state index in [1.807, 2.05) is 13.8 Å². The number of esters is 1. The molecule has 2 unspecified atom stereocenters. The number of halogens is 4. The first-order chi connectivity index (χ1) is 9.71. The Hall–Kier alpha value is -1.85. The van der Waals surface area contributed by atoms with Crippen LogP contribution in [0.25, 0.3) is 0 Å². The molecule has 114 valence electrons. The highest BCUT2D eigenvalue weighted by Gasteiger charge is 2.61. The van der Waals surface area contributed by atoms with Gasteiger partial charge in [0.1, 0.15) is 6.61 Å². The van der Waals surface area contributed by atoms with Crippen LogP contribution in [0.1, 0.15) is 19.4 Å². The second kappa shape index (κ2) is 5.16. The highest BCUT2D eigenvalue weighted by Crippen LogP contribution is 2.59. The third kappa shape index (κ3) is 2.54. The highest BCUT2D eigenvalue weighted by molar-refractivity contribution is 5.78. The first-order valence-electron chi connectivity index (χ1n) is 6.32. The van der Waals surface area contributed by atoms with E-state index in [1.54, 1.807) is 6.08 Å². The number of rotatable bonds is 4. The average molecular weight is 302 g/mol. The molecule has 0 saturated heterocycles. The molecule has 6 heteroatoms. The summed E-state index contributed by atoms with van der Waals surface area (Å²) in [6.07, 6.45) is 1.61. The molecule has 0 heterocycles. The minimum Gasteiger partial charge on any atom is -0.460 e. The minimum absolute atomic E-state index is 0.0936. The lowest BCUT2D eigenvalue weighted by Gasteiger charge is -2.09. The van der Waals surface area contributed by atoms with Crippen molar-refractivity contribution in [1.82, 2.24) is 0 Å². The molecule has 0 aliphatic heterocycles. The van der Waals surface area contributed by atoms with Crippen LogP contribution in [0, 0.1) is 40.5 Å². The standard InChI is InChI=1S/C15H14F4O2/c1-4-8-11(15(8,2)3)14(20)21-6-7-12(18)9(16)5-10(17)13(7)19/h4-5,8,11H,1,6H2,2-3H3. The number of ether oxygens (including phenoxy) is 1. The van der Waals surface area contributed by atoms with Gasteiger partial charge in [-0.2, -0.15) is 0 Å². The average Bonchev–Trinajstić information content (AvgIpc) is 2.98. The van der Waals surface area contributed by atoms with Gasteiger partial charge in [-0.05, 0) is 11.3 Å². The van der Waals surface area contributed by atoms with Crippen molar-refractivity contribution in [2.45, 2.75) is 20.5 Å². The lowest BCUT2D eigenvalue weighted by atomic mass is 10.1. The van der Waals surface area contributed by atoms with Gasteiger partial charge in [0.05, 0.1) is 11.5 Å². The summed E-state index contributed by atoms with van der Waals surface area (Å²) in [6, 6.07) is 0.105. The molecule has 2 atom stereocenters. The second-order valence-corrected chi connectivity index (χ2v) is 5.61. The molecule has 1 aliphatic rings. The Morgan fingerprint density at radius 2 is 1.81 bits per heavy atom. The third-order valence-corrected chi connectivity index (χ3v) is 3.98. The van der Waals surface area contributed by atoms with Crippen molar-refractivity contribution in [3.8, 4) is 0 Å². The summed E-state index contributed by atoms with van der Waals surface area (Å²) in [6.45, 7) is 6.39. The summed E-state index contributed by atoms with van der Waals surface area (Å²) in [5.41, 5.74) is -1.28. The number of carbonyl (C=O) groups is 1. The molecule has 0 N–H and O–H groups in total. The van der Waals surface area contributed by atoms with Crippen molar-refractivity contribution in [3.05, 3.63) is 47.6 Å². The number of hydrogen-bond acceptors (Lipinski definition) is 2. The molecule has 1 aromatic rings. The zero-order valence-electron chi connectivity index (χ0n) is 11.6. The fourth-order valence-corrected chi connectivity index (χ4v) is 2.55. The van der Waals surface area contributed by atoms with Gasteiger partial charge >= 0.3 is 5.97 Å². The Kier molecular flexibility index (Phi) is 3.82. The first kappa shape index (κ1) is 15.5. The molecule has 0 bridgehead atoms. The summed E-state index contributed by atoms with van der Waals surface area (Å²) in [4.78, 5) is 11.9. The van der Waals surface area contributed by atoms with Crippen molar-refractivity contribution in [1.29, 1.82) is 0 Å². The Bertz CT molecular complexity index is 584. The minimum atomic E-state index is -1.56. The SMILES string of the molecule is C=CC1C(C(=O)OCc2c(F)c(F)cc(F)c2F)C1(C)C. The van der Waals surface area contributed by atoms with Gasteiger partial charge in [0.25, 0.3) is 0 Å². The molecule has 1 saturated carbocycles. The fourth-order valence-electron chi connectivity index (χ4n) is 2.55. The van der Waals surface area contributed by atoms with Crippen molar-refractivity contribution in [2.75, 3.05) is 0 Å². The molecule has 21 heavy (non-hydrogen) atoms. The van der Waals surface area contributed by atoms with Gasteiger partial charge in [0.2, 0.25) is 0 Å². The zero-order valence-corrected chi connectivity index (χ0v) is 11.6. The molecule has 1 fully saturated rings. The van der Waals surface area contributed by atoms with Gasteiger partial charge in [0.15, 0.2) is 23.3 Å². The monoisotopic (exact) mass is 302 g/mol. The summed E-state index contributed by atoms with van der Waals surface area (Å²) < 4.78 is 57.7. The van der Waals surface area contributed by atoms with Crippen LogP contribution < -0.4 is 0 Å². The van der Waals surface area contributed by atoms with E-state index in [2.05, 4.69) is 6.58 Å². The Balaban J connectivity index is 2.12. The highest BCUT2D eigenvalue weighted by atomic mass is 19.2. The van der Waals surface area contributed by atoms with E-state index < -0.39 is 47.3 Å². The van der Waals surface area contributed by atoms with E-state index in [0.717, 1.165) is 0 Å². The van der Waals surface area contributed by atoms with Gasteiger partial charge in [-0.3, -0.25) is 4.79 Å². The molecule has 0 amide bonds. The lowest BCUT2D eigenvalue weighted by molar-refractivity contribution is -0.147. The van der Waals surface area contributed by atoms with Crippen LogP contribution in [0.2, 0.25) is 0 Å². The van der Waals surface area contributed by atoms with Crippen LogP contribution in [-0.4, -0.2) is 5.97 Å². The van der Waals surface area contributed by atoms with E-state index in [9.17, 15) is 22.4 Å². The number of carbonyl (C=O) groups excluding carboxylic acids is 1. The number of benzene rings is 1. The fraction of sp³-hybridized carbons (Fsp3) is 0.400. The molecule has 1 aromatic carbocycles. The molecule has 0 aromatic heterocycles. The van der Waals surface area contributed by atoms with E-state index in [1.165, 1.54) is 0 Å². The summed E-state index contributed by atoms with van der Waals surface area (Å²) in [5, 5.41) is 0. The maximum Gasteiger partial charge on any atom is 0.310 e. The maximum absolute atomic E-state index is 13.4. The summed E-state index contributed by atoms with van der Waals surface area (Å²) >= 11 is 0. The molecule has 0 radical (unpaired) electrons. The third-order valence-electron chi connectivity index (χ3n) is 3.98. The quantitative estimate of drug-likeness (QED) is 0.366. The molecule has 1 aliphatic carbocycles. The van der Waals surface area contributed by atoms with Gasteiger partial charge in [0, 0.05) is 6.07 Å². The largest absolute Gasteiger partial charge is 0.460 e. The van der Waals surface area contributed by atoms with Crippen molar-refractivity contribution in [2.24, 2.45) is 17.3 Å². The molecule has 0 spiro atoms. The maximum atomic E-state index is 13.4. The first-order valence-corrected chi connectivity index (χ1v) is 6.32. The van der Waals surface area contributed by atoms with Gasteiger partial charge in [-0.1, -0.05) is 19.9 Å². The van der Waals surface area contributed by atoms with Crippen molar-refractivity contribution >= 4 is 5.97 Å². The summed E-state index contributed by atoms with van der Waals surface area (Å²) in [5.74, 6) is -7.42. The van der Waals surface area contributed by atoms with E-state index in [0.29, 0.717) is 0 Å². The zero-order chi connectivity index (χ0) is 15.9. The Morgan fingerprint density at radius 3 is 2.24 bits per heavy atom. The van der Waals surface area contributed by atoms with Crippen LogP contribution in [0.4, 0.5) is 17.6 Å². The Labute approximate surface area is 119 Å². The molecule has 2 rings (SSSR count). The van der Waals surface area contributed by atoms with Gasteiger partial charge in [-0.15, -0.1) is 6.58 Å². The number of allylic oxidation sites excluding steroid dienone is 1. The topological polar surface area (TPSA) is 26.3 Å². The number of hydrogen-bond donors (Lipinski definition) is 0. The normalized spacial score (nSPS) is 22.8. The van der Waals surface area contributed by atoms with Crippen LogP contribution in [0.3, 0.4) is 0 Å². The predicted octanol–water partition coefficient (Wildman–Crippen LogP) is 3.74. The summed E-state index contributed by atoms with van der Waals surface area (Å²) in [7, 11) is 0.